The van der Waals surface area contributed by atoms with Crippen molar-refractivity contribution in [3.05, 3.63) is 65.0 Å². The van der Waals surface area contributed by atoms with E-state index in [1.54, 1.807) is 25.1 Å². The minimum absolute atomic E-state index is 0.176. The van der Waals surface area contributed by atoms with Crippen molar-refractivity contribution in [2.75, 3.05) is 5.32 Å². The van der Waals surface area contributed by atoms with Crippen LogP contribution in [0.15, 0.2) is 42.5 Å². The summed E-state index contributed by atoms with van der Waals surface area (Å²) in [5.41, 5.74) is 1.23. The molecule has 6 heteroatoms. The molecular formula is C18H15FN2O3. The number of anilines is 1. The number of rotatable bonds is 4. The van der Waals surface area contributed by atoms with Gasteiger partial charge in [-0.1, -0.05) is 12.1 Å². The first-order valence-electron chi connectivity index (χ1n) is 7.19. The molecule has 0 aliphatic carbocycles. The molecule has 0 aromatic heterocycles. The first-order valence-corrected chi connectivity index (χ1v) is 7.19. The van der Waals surface area contributed by atoms with E-state index in [4.69, 9.17) is 10.00 Å². The number of carbonyl (C=O) groups excluding carboxylic acids is 2. The van der Waals surface area contributed by atoms with Crippen LogP contribution in [0.4, 0.5) is 10.1 Å². The number of halogens is 1. The molecule has 0 saturated heterocycles. The topological polar surface area (TPSA) is 79.2 Å². The average Bonchev–Trinajstić information content (AvgIpc) is 2.58. The fraction of sp³-hybridized carbons (Fsp3) is 0.167. The summed E-state index contributed by atoms with van der Waals surface area (Å²) < 4.78 is 18.5. The van der Waals surface area contributed by atoms with Gasteiger partial charge >= 0.3 is 5.97 Å². The van der Waals surface area contributed by atoms with Crippen molar-refractivity contribution < 1.29 is 18.7 Å². The third kappa shape index (κ3) is 4.17. The molecule has 0 bridgehead atoms. The van der Waals surface area contributed by atoms with Crippen LogP contribution in [-0.2, 0) is 9.53 Å². The third-order valence-electron chi connectivity index (χ3n) is 3.32. The minimum atomic E-state index is -1.08. The summed E-state index contributed by atoms with van der Waals surface area (Å²) in [6, 6.07) is 12.2. The van der Waals surface area contributed by atoms with E-state index in [9.17, 15) is 14.0 Å². The van der Waals surface area contributed by atoms with Gasteiger partial charge in [-0.05, 0) is 49.7 Å². The summed E-state index contributed by atoms with van der Waals surface area (Å²) in [6.07, 6.45) is -1.08. The molecule has 0 fully saturated rings. The largest absolute Gasteiger partial charge is 0.449 e. The van der Waals surface area contributed by atoms with Crippen LogP contribution in [0.1, 0.15) is 28.4 Å². The third-order valence-corrected chi connectivity index (χ3v) is 3.32. The fourth-order valence-electron chi connectivity index (χ4n) is 1.91. The number of hydrogen-bond acceptors (Lipinski definition) is 4. The van der Waals surface area contributed by atoms with Crippen LogP contribution in [0.2, 0.25) is 0 Å². The van der Waals surface area contributed by atoms with Crippen molar-refractivity contribution in [3.8, 4) is 6.07 Å². The molecule has 2 aromatic rings. The average molecular weight is 326 g/mol. The molecule has 1 N–H and O–H groups in total. The number of carbonyl (C=O) groups is 2. The molecule has 0 radical (unpaired) electrons. The second kappa shape index (κ2) is 7.38. The zero-order valence-electron chi connectivity index (χ0n) is 13.2. The summed E-state index contributed by atoms with van der Waals surface area (Å²) >= 11 is 0. The Labute approximate surface area is 138 Å². The molecule has 0 aliphatic heterocycles. The van der Waals surface area contributed by atoms with Gasteiger partial charge in [-0.25, -0.2) is 9.18 Å². The highest BCUT2D eigenvalue weighted by Crippen LogP contribution is 2.14. The molecule has 0 unspecified atom stereocenters. The lowest BCUT2D eigenvalue weighted by Crippen LogP contribution is -2.30. The Bertz CT molecular complexity index is 827. The van der Waals surface area contributed by atoms with Crippen LogP contribution >= 0.6 is 0 Å². The summed E-state index contributed by atoms with van der Waals surface area (Å²) in [6.45, 7) is 3.02. The van der Waals surface area contributed by atoms with Crippen LogP contribution in [0.5, 0.6) is 0 Å². The molecule has 0 aliphatic rings. The highest BCUT2D eigenvalue weighted by molar-refractivity contribution is 5.97. The van der Waals surface area contributed by atoms with Crippen molar-refractivity contribution in [3.63, 3.8) is 0 Å². The first kappa shape index (κ1) is 17.2. The van der Waals surface area contributed by atoms with E-state index in [0.29, 0.717) is 11.1 Å². The van der Waals surface area contributed by atoms with E-state index in [1.807, 2.05) is 6.07 Å². The molecule has 0 heterocycles. The maximum atomic E-state index is 13.5. The Morgan fingerprint density at radius 2 is 2.00 bits per heavy atom. The summed E-state index contributed by atoms with van der Waals surface area (Å²) in [5, 5.41) is 11.3. The van der Waals surface area contributed by atoms with Gasteiger partial charge in [0.15, 0.2) is 6.10 Å². The Hall–Kier alpha value is -3.20. The van der Waals surface area contributed by atoms with E-state index in [-0.39, 0.29) is 11.3 Å². The number of aryl methyl sites for hydroxylation is 1. The Morgan fingerprint density at radius 3 is 2.67 bits per heavy atom. The molecule has 2 aromatic carbocycles. The lowest BCUT2D eigenvalue weighted by molar-refractivity contribution is -0.123. The summed E-state index contributed by atoms with van der Waals surface area (Å²) in [7, 11) is 0. The van der Waals surface area contributed by atoms with Crippen LogP contribution in [0.3, 0.4) is 0 Å². The Balaban J connectivity index is 2.01. The van der Waals surface area contributed by atoms with Crippen LogP contribution in [0.25, 0.3) is 0 Å². The maximum Gasteiger partial charge on any atom is 0.338 e. The normalized spacial score (nSPS) is 11.2. The second-order valence-corrected chi connectivity index (χ2v) is 5.19. The van der Waals surface area contributed by atoms with E-state index >= 15 is 0 Å². The minimum Gasteiger partial charge on any atom is -0.449 e. The van der Waals surface area contributed by atoms with Crippen molar-refractivity contribution in [2.45, 2.75) is 20.0 Å². The molecule has 1 amide bonds. The standard InChI is InChI=1S/C18H15FN2O3/c1-11-6-7-15(9-16(11)19)21-17(22)12(2)24-18(23)14-5-3-4-13(8-14)10-20/h3-9,12H,1-2H3,(H,21,22)/t12-/m1/s1. The Morgan fingerprint density at radius 1 is 1.25 bits per heavy atom. The summed E-state index contributed by atoms with van der Waals surface area (Å²) in [5.74, 6) is -1.74. The van der Waals surface area contributed by atoms with Crippen molar-refractivity contribution in [1.82, 2.24) is 0 Å². The van der Waals surface area contributed by atoms with Gasteiger partial charge in [0.05, 0.1) is 17.2 Å². The van der Waals surface area contributed by atoms with Crippen LogP contribution in [0, 0.1) is 24.1 Å². The van der Waals surface area contributed by atoms with Gasteiger partial charge in [0, 0.05) is 5.69 Å². The van der Waals surface area contributed by atoms with Gasteiger partial charge in [0.1, 0.15) is 5.82 Å². The van der Waals surface area contributed by atoms with Crippen molar-refractivity contribution in [1.29, 1.82) is 5.26 Å². The lowest BCUT2D eigenvalue weighted by atomic mass is 10.1. The zero-order valence-corrected chi connectivity index (χ0v) is 13.2. The van der Waals surface area contributed by atoms with Gasteiger partial charge in [-0.3, -0.25) is 4.79 Å². The number of nitrogens with zero attached hydrogens (tertiary/aromatic N) is 1. The van der Waals surface area contributed by atoms with Gasteiger partial charge in [0.25, 0.3) is 5.91 Å². The SMILES string of the molecule is Cc1ccc(NC(=O)[C@@H](C)OC(=O)c2cccc(C#N)c2)cc1F. The zero-order chi connectivity index (χ0) is 17.7. The van der Waals surface area contributed by atoms with E-state index in [2.05, 4.69) is 5.32 Å². The van der Waals surface area contributed by atoms with E-state index < -0.39 is 23.8 Å². The van der Waals surface area contributed by atoms with Crippen molar-refractivity contribution in [2.24, 2.45) is 0 Å². The summed E-state index contributed by atoms with van der Waals surface area (Å²) in [4.78, 5) is 24.0. The molecule has 0 saturated carbocycles. The smallest absolute Gasteiger partial charge is 0.338 e. The Kier molecular flexibility index (Phi) is 5.27. The predicted molar refractivity (Wildman–Crippen MR) is 85.8 cm³/mol. The molecular weight excluding hydrogens is 311 g/mol. The number of esters is 1. The number of amides is 1. The van der Waals surface area contributed by atoms with Gasteiger partial charge in [-0.2, -0.15) is 5.26 Å². The van der Waals surface area contributed by atoms with E-state index in [0.717, 1.165) is 0 Å². The number of nitrogens with one attached hydrogen (secondary N) is 1. The second-order valence-electron chi connectivity index (χ2n) is 5.19. The first-order chi connectivity index (χ1) is 11.4. The lowest BCUT2D eigenvalue weighted by Gasteiger charge is -2.14. The maximum absolute atomic E-state index is 13.5. The highest BCUT2D eigenvalue weighted by atomic mass is 19.1. The van der Waals surface area contributed by atoms with E-state index in [1.165, 1.54) is 31.2 Å². The number of nitriles is 1. The number of ether oxygens (including phenoxy) is 1. The van der Waals surface area contributed by atoms with Gasteiger partial charge < -0.3 is 10.1 Å². The molecule has 5 nitrogen and oxygen atoms in total. The molecule has 2 rings (SSSR count). The number of hydrogen-bond donors (Lipinski definition) is 1. The quantitative estimate of drug-likeness (QED) is 0.875. The van der Waals surface area contributed by atoms with Gasteiger partial charge in [0.2, 0.25) is 0 Å². The van der Waals surface area contributed by atoms with Crippen molar-refractivity contribution >= 4 is 17.6 Å². The van der Waals surface area contributed by atoms with Gasteiger partial charge in [-0.15, -0.1) is 0 Å². The molecule has 24 heavy (non-hydrogen) atoms. The molecule has 1 atom stereocenters. The van der Waals surface area contributed by atoms with Crippen LogP contribution in [-0.4, -0.2) is 18.0 Å². The molecule has 0 spiro atoms. The number of benzene rings is 2. The highest BCUT2D eigenvalue weighted by Gasteiger charge is 2.19. The fourth-order valence-corrected chi connectivity index (χ4v) is 1.91. The molecule has 122 valence electrons. The predicted octanol–water partition coefficient (Wildman–Crippen LogP) is 3.19. The van der Waals surface area contributed by atoms with Crippen LogP contribution < -0.4 is 5.32 Å². The monoisotopic (exact) mass is 326 g/mol.